The lowest BCUT2D eigenvalue weighted by molar-refractivity contribution is -0.0140. The van der Waals surface area contributed by atoms with E-state index in [2.05, 4.69) is 47.2 Å². The minimum atomic E-state index is -0.123. The van der Waals surface area contributed by atoms with Crippen LogP contribution < -0.4 is 11.3 Å². The topological polar surface area (TPSA) is 65.1 Å². The molecular weight excluding hydrogens is 284 g/mol. The Bertz CT molecular complexity index is 353. The summed E-state index contributed by atoms with van der Waals surface area (Å²) in [4.78, 5) is 0. The summed E-state index contributed by atoms with van der Waals surface area (Å²) in [6, 6.07) is -0.123. The predicted octanol–water partition coefficient (Wildman–Crippen LogP) is 1.75. The van der Waals surface area contributed by atoms with E-state index in [0.29, 0.717) is 0 Å². The molecule has 0 radical (unpaired) electrons. The Morgan fingerprint density at radius 1 is 1.53 bits per heavy atom. The van der Waals surface area contributed by atoms with Crippen LogP contribution in [-0.4, -0.2) is 23.0 Å². The van der Waals surface area contributed by atoms with Crippen LogP contribution in [0, 0.1) is 5.41 Å². The van der Waals surface area contributed by atoms with Crippen molar-refractivity contribution < 1.29 is 4.74 Å². The molecule has 0 spiro atoms. The lowest BCUT2D eigenvalue weighted by Gasteiger charge is -2.35. The number of ether oxygens (including phenoxy) is 1. The smallest absolute Gasteiger partial charge is 0.0906 e. The molecule has 0 saturated heterocycles. The van der Waals surface area contributed by atoms with Crippen LogP contribution in [0.1, 0.15) is 32.5 Å². The number of rotatable bonds is 4. The lowest BCUT2D eigenvalue weighted by atomic mass is 9.83. The van der Waals surface area contributed by atoms with E-state index in [0.717, 1.165) is 10.2 Å². The third-order valence-electron chi connectivity index (χ3n) is 2.82. The Balaban J connectivity index is 3.15. The Hall–Kier alpha value is -0.430. The summed E-state index contributed by atoms with van der Waals surface area (Å²) in [5, 5.41) is 4.20. The van der Waals surface area contributed by atoms with E-state index < -0.39 is 0 Å². The number of nitrogens with one attached hydrogen (secondary N) is 1. The zero-order valence-corrected chi connectivity index (χ0v) is 12.6. The quantitative estimate of drug-likeness (QED) is 0.657. The van der Waals surface area contributed by atoms with E-state index >= 15 is 0 Å². The fourth-order valence-corrected chi connectivity index (χ4v) is 2.66. The number of nitrogens with two attached hydrogens (primary N) is 1. The first kappa shape index (κ1) is 14.6. The third-order valence-corrected chi connectivity index (χ3v) is 3.43. The summed E-state index contributed by atoms with van der Waals surface area (Å²) < 4.78 is 8.32. The molecular formula is C11H21BrN4O. The molecule has 0 amide bonds. The van der Waals surface area contributed by atoms with Gasteiger partial charge in [-0.2, -0.15) is 5.10 Å². The van der Waals surface area contributed by atoms with Gasteiger partial charge in [-0.25, -0.2) is 5.43 Å². The second-order valence-electron chi connectivity index (χ2n) is 5.17. The maximum absolute atomic E-state index is 5.68. The van der Waals surface area contributed by atoms with Crippen LogP contribution in [0.2, 0.25) is 0 Å². The zero-order chi connectivity index (χ0) is 13.2. The van der Waals surface area contributed by atoms with Gasteiger partial charge in [0.15, 0.2) is 0 Å². The normalized spacial score (nSPS) is 15.9. The van der Waals surface area contributed by atoms with Crippen LogP contribution in [0.5, 0.6) is 0 Å². The van der Waals surface area contributed by atoms with Crippen LogP contribution in [0.25, 0.3) is 0 Å². The molecule has 0 aliphatic heterocycles. The van der Waals surface area contributed by atoms with E-state index in [1.54, 1.807) is 18.0 Å². The van der Waals surface area contributed by atoms with Crippen molar-refractivity contribution in [3.8, 4) is 0 Å². The van der Waals surface area contributed by atoms with E-state index in [4.69, 9.17) is 10.6 Å². The number of aromatic nitrogens is 2. The SMILES string of the molecule is COC(C(NN)c1c(Br)cnn1C)C(C)(C)C. The molecule has 0 bridgehead atoms. The van der Waals surface area contributed by atoms with Crippen LogP contribution in [0.15, 0.2) is 10.7 Å². The van der Waals surface area contributed by atoms with E-state index in [9.17, 15) is 0 Å². The van der Waals surface area contributed by atoms with Gasteiger partial charge < -0.3 is 4.74 Å². The molecule has 1 heterocycles. The fraction of sp³-hybridized carbons (Fsp3) is 0.727. The Morgan fingerprint density at radius 2 is 2.12 bits per heavy atom. The van der Waals surface area contributed by atoms with Crippen LogP contribution in [-0.2, 0) is 11.8 Å². The van der Waals surface area contributed by atoms with Crippen molar-refractivity contribution in [1.29, 1.82) is 0 Å². The molecule has 2 unspecified atom stereocenters. The first-order valence-corrected chi connectivity index (χ1v) is 6.28. The van der Waals surface area contributed by atoms with Gasteiger partial charge in [-0.15, -0.1) is 0 Å². The van der Waals surface area contributed by atoms with Crippen molar-refractivity contribution in [2.75, 3.05) is 7.11 Å². The van der Waals surface area contributed by atoms with Crippen LogP contribution in [0.4, 0.5) is 0 Å². The molecule has 1 rings (SSSR count). The predicted molar refractivity (Wildman–Crippen MR) is 71.2 cm³/mol. The van der Waals surface area contributed by atoms with Gasteiger partial charge in [0.1, 0.15) is 0 Å². The van der Waals surface area contributed by atoms with E-state index in [1.807, 2.05) is 7.05 Å². The number of hydrazine groups is 1. The summed E-state index contributed by atoms with van der Waals surface area (Å²) >= 11 is 3.49. The Labute approximate surface area is 111 Å². The first-order chi connectivity index (χ1) is 7.82. The molecule has 0 fully saturated rings. The zero-order valence-electron chi connectivity index (χ0n) is 11.0. The van der Waals surface area contributed by atoms with Gasteiger partial charge in [0.2, 0.25) is 0 Å². The van der Waals surface area contributed by atoms with Crippen molar-refractivity contribution >= 4 is 15.9 Å². The summed E-state index contributed by atoms with van der Waals surface area (Å²) in [6.45, 7) is 6.36. The van der Waals surface area contributed by atoms with Crippen molar-refractivity contribution in [2.24, 2.45) is 18.3 Å². The van der Waals surface area contributed by atoms with E-state index in [1.165, 1.54) is 0 Å². The monoisotopic (exact) mass is 304 g/mol. The van der Waals surface area contributed by atoms with Crippen molar-refractivity contribution in [2.45, 2.75) is 32.9 Å². The second kappa shape index (κ2) is 5.48. The number of halogens is 1. The number of aryl methyl sites for hydroxylation is 1. The average Bonchev–Trinajstić information content (AvgIpc) is 2.54. The average molecular weight is 305 g/mol. The number of hydrogen-bond acceptors (Lipinski definition) is 4. The van der Waals surface area contributed by atoms with Gasteiger partial charge in [0, 0.05) is 14.2 Å². The molecule has 3 N–H and O–H groups in total. The first-order valence-electron chi connectivity index (χ1n) is 5.49. The lowest BCUT2D eigenvalue weighted by Crippen LogP contribution is -2.45. The molecule has 2 atom stereocenters. The summed E-state index contributed by atoms with van der Waals surface area (Å²) in [6.07, 6.45) is 1.70. The van der Waals surface area contributed by atoms with Gasteiger partial charge in [-0.3, -0.25) is 10.5 Å². The number of nitrogens with zero attached hydrogens (tertiary/aromatic N) is 2. The van der Waals surface area contributed by atoms with Gasteiger partial charge in [0.05, 0.1) is 28.5 Å². The van der Waals surface area contributed by atoms with Gasteiger partial charge in [-0.1, -0.05) is 20.8 Å². The third kappa shape index (κ3) is 3.07. The van der Waals surface area contributed by atoms with Crippen LogP contribution >= 0.6 is 15.9 Å². The van der Waals surface area contributed by atoms with Crippen molar-refractivity contribution in [3.05, 3.63) is 16.4 Å². The fourth-order valence-electron chi connectivity index (χ4n) is 2.07. The highest BCUT2D eigenvalue weighted by molar-refractivity contribution is 9.10. The molecule has 6 heteroatoms. The van der Waals surface area contributed by atoms with Crippen LogP contribution in [0.3, 0.4) is 0 Å². The van der Waals surface area contributed by atoms with Crippen molar-refractivity contribution in [1.82, 2.24) is 15.2 Å². The molecule has 0 aromatic carbocycles. The summed E-state index contributed by atoms with van der Waals surface area (Å²) in [5.41, 5.74) is 3.78. The number of hydrogen-bond donors (Lipinski definition) is 2. The Kier molecular flexibility index (Phi) is 4.71. The summed E-state index contributed by atoms with van der Waals surface area (Å²) in [7, 11) is 3.59. The maximum atomic E-state index is 5.68. The second-order valence-corrected chi connectivity index (χ2v) is 6.02. The molecule has 98 valence electrons. The molecule has 5 nitrogen and oxygen atoms in total. The minimum absolute atomic E-state index is 0.0322. The van der Waals surface area contributed by atoms with Gasteiger partial charge in [-0.05, 0) is 21.3 Å². The molecule has 1 aromatic heterocycles. The molecule has 1 aromatic rings. The van der Waals surface area contributed by atoms with Gasteiger partial charge in [0.25, 0.3) is 0 Å². The largest absolute Gasteiger partial charge is 0.379 e. The molecule has 0 saturated carbocycles. The highest BCUT2D eigenvalue weighted by Gasteiger charge is 2.35. The molecule has 0 aliphatic rings. The number of methoxy groups -OCH3 is 1. The molecule has 0 aliphatic carbocycles. The highest BCUT2D eigenvalue weighted by atomic mass is 79.9. The Morgan fingerprint density at radius 3 is 2.41 bits per heavy atom. The van der Waals surface area contributed by atoms with Gasteiger partial charge >= 0.3 is 0 Å². The highest BCUT2D eigenvalue weighted by Crippen LogP contribution is 2.34. The maximum Gasteiger partial charge on any atom is 0.0906 e. The molecule has 17 heavy (non-hydrogen) atoms. The van der Waals surface area contributed by atoms with Crippen molar-refractivity contribution in [3.63, 3.8) is 0 Å². The standard InChI is InChI=1S/C11H21BrN4O/c1-11(2,3)10(17-5)8(15-13)9-7(12)6-14-16(9)4/h6,8,10,15H,13H2,1-5H3. The van der Waals surface area contributed by atoms with E-state index in [-0.39, 0.29) is 17.6 Å². The minimum Gasteiger partial charge on any atom is -0.379 e. The summed E-state index contributed by atoms with van der Waals surface area (Å²) in [5.74, 6) is 5.68.